The highest BCUT2D eigenvalue weighted by Crippen LogP contribution is 2.32. The van der Waals surface area contributed by atoms with E-state index in [4.69, 9.17) is 5.73 Å². The third-order valence-corrected chi connectivity index (χ3v) is 5.36. The number of aromatic nitrogens is 3. The summed E-state index contributed by atoms with van der Waals surface area (Å²) in [6.07, 6.45) is 3.46. The van der Waals surface area contributed by atoms with Gasteiger partial charge in [-0.1, -0.05) is 25.6 Å². The van der Waals surface area contributed by atoms with E-state index in [9.17, 15) is 0 Å². The molecule has 0 saturated carbocycles. The zero-order chi connectivity index (χ0) is 20.8. The van der Waals surface area contributed by atoms with Crippen molar-refractivity contribution >= 4 is 39.9 Å². The van der Waals surface area contributed by atoms with Gasteiger partial charge in [-0.2, -0.15) is 0 Å². The van der Waals surface area contributed by atoms with E-state index in [0.29, 0.717) is 5.69 Å². The number of pyridine rings is 1. The van der Waals surface area contributed by atoms with Gasteiger partial charge >= 0.3 is 0 Å². The van der Waals surface area contributed by atoms with Gasteiger partial charge in [0.05, 0.1) is 5.52 Å². The van der Waals surface area contributed by atoms with Gasteiger partial charge in [-0.05, 0) is 67.9 Å². The summed E-state index contributed by atoms with van der Waals surface area (Å²) in [4.78, 5) is 15.4. The molecular weight excluding hydrogens is 378 g/mol. The number of fused-ring (bicyclic) bond motifs is 1. The molecule has 0 aliphatic carbocycles. The van der Waals surface area contributed by atoms with E-state index in [0.717, 1.165) is 33.0 Å². The number of nitrogen functional groups attached to an aromatic ring is 1. The molecule has 3 N–H and O–H groups in total. The number of nitrogens with one attached hydrogen (secondary N) is 1. The maximum Gasteiger partial charge on any atom is 0.141 e. The molecule has 0 radical (unpaired) electrons. The lowest BCUT2D eigenvalue weighted by molar-refractivity contribution is 1.14. The molecule has 0 aliphatic heterocycles. The SMILES string of the molecule is CC.Cc1ccc(Sc2ccc(Nc3ncnc4ccc(N)cc34)cc2C)cn1. The maximum atomic E-state index is 5.92. The first kappa shape index (κ1) is 20.6. The van der Waals surface area contributed by atoms with Gasteiger partial charge in [0.25, 0.3) is 0 Å². The number of hydrogen-bond acceptors (Lipinski definition) is 6. The number of benzene rings is 2. The van der Waals surface area contributed by atoms with E-state index in [2.05, 4.69) is 51.5 Å². The first-order valence-corrected chi connectivity index (χ1v) is 10.4. The fourth-order valence-corrected chi connectivity index (χ4v) is 3.65. The molecule has 6 heteroatoms. The fourth-order valence-electron chi connectivity index (χ4n) is 2.79. The van der Waals surface area contributed by atoms with Crippen molar-refractivity contribution in [1.82, 2.24) is 15.0 Å². The zero-order valence-corrected chi connectivity index (χ0v) is 17.9. The number of nitrogens with zero attached hydrogens (tertiary/aromatic N) is 3. The van der Waals surface area contributed by atoms with Crippen LogP contribution >= 0.6 is 11.8 Å². The van der Waals surface area contributed by atoms with E-state index >= 15 is 0 Å². The second kappa shape index (κ2) is 9.39. The van der Waals surface area contributed by atoms with Crippen molar-refractivity contribution in [2.75, 3.05) is 11.1 Å². The lowest BCUT2D eigenvalue weighted by Gasteiger charge is -2.11. The van der Waals surface area contributed by atoms with Crippen molar-refractivity contribution < 1.29 is 0 Å². The average Bonchev–Trinajstić information content (AvgIpc) is 2.73. The Hall–Kier alpha value is -3.12. The molecule has 0 amide bonds. The van der Waals surface area contributed by atoms with Crippen LogP contribution in [-0.4, -0.2) is 15.0 Å². The Morgan fingerprint density at radius 3 is 2.45 bits per heavy atom. The summed E-state index contributed by atoms with van der Waals surface area (Å²) in [5.41, 5.74) is 10.6. The van der Waals surface area contributed by atoms with E-state index in [1.165, 1.54) is 10.5 Å². The van der Waals surface area contributed by atoms with Crippen molar-refractivity contribution in [3.8, 4) is 0 Å². The predicted molar refractivity (Wildman–Crippen MR) is 123 cm³/mol. The Labute approximate surface area is 175 Å². The van der Waals surface area contributed by atoms with Crippen LogP contribution in [0.25, 0.3) is 10.9 Å². The van der Waals surface area contributed by atoms with Crippen molar-refractivity contribution in [2.45, 2.75) is 37.5 Å². The molecule has 2 aromatic heterocycles. The standard InChI is InChI=1S/C21H19N5S.C2H6/c1-13-9-16(5-8-20(13)27-17-6-3-14(2)23-11-17)26-21-18-10-15(22)4-7-19(18)24-12-25-21;1-2/h3-12H,22H2,1-2H3,(H,24,25,26);1-2H3. The number of nitrogens with two attached hydrogens (primary N) is 1. The van der Waals surface area contributed by atoms with E-state index < -0.39 is 0 Å². The number of hydrogen-bond donors (Lipinski definition) is 2. The van der Waals surface area contributed by atoms with Gasteiger partial charge < -0.3 is 11.1 Å². The van der Waals surface area contributed by atoms with Gasteiger partial charge in [0.15, 0.2) is 0 Å². The summed E-state index contributed by atoms with van der Waals surface area (Å²) in [5, 5.41) is 4.29. The van der Waals surface area contributed by atoms with Crippen LogP contribution in [0.3, 0.4) is 0 Å². The molecule has 2 heterocycles. The van der Waals surface area contributed by atoms with Crippen LogP contribution in [-0.2, 0) is 0 Å². The predicted octanol–water partition coefficient (Wildman–Crippen LogP) is 6.14. The Morgan fingerprint density at radius 1 is 0.897 bits per heavy atom. The molecule has 29 heavy (non-hydrogen) atoms. The molecule has 0 bridgehead atoms. The average molecular weight is 404 g/mol. The molecule has 5 nitrogen and oxygen atoms in total. The largest absolute Gasteiger partial charge is 0.399 e. The molecule has 4 rings (SSSR count). The molecule has 0 atom stereocenters. The molecular formula is C23H25N5S. The summed E-state index contributed by atoms with van der Waals surface area (Å²) in [7, 11) is 0. The van der Waals surface area contributed by atoms with E-state index in [1.807, 2.05) is 51.2 Å². The first-order chi connectivity index (χ1) is 14.1. The van der Waals surface area contributed by atoms with E-state index in [1.54, 1.807) is 18.1 Å². The van der Waals surface area contributed by atoms with Crippen molar-refractivity contribution in [1.29, 1.82) is 0 Å². The lowest BCUT2D eigenvalue weighted by Crippen LogP contribution is -1.97. The normalized spacial score (nSPS) is 10.3. The van der Waals surface area contributed by atoms with E-state index in [-0.39, 0.29) is 0 Å². The van der Waals surface area contributed by atoms with Crippen molar-refractivity contribution in [3.05, 3.63) is 72.3 Å². The quantitative estimate of drug-likeness (QED) is 0.398. The second-order valence-electron chi connectivity index (χ2n) is 6.34. The number of rotatable bonds is 4. The molecule has 0 aliphatic rings. The van der Waals surface area contributed by atoms with Gasteiger partial charge in [0.2, 0.25) is 0 Å². The summed E-state index contributed by atoms with van der Waals surface area (Å²) in [6.45, 7) is 8.09. The Morgan fingerprint density at radius 2 is 1.72 bits per heavy atom. The Kier molecular flexibility index (Phi) is 6.67. The topological polar surface area (TPSA) is 76.7 Å². The molecule has 148 valence electrons. The van der Waals surface area contributed by atoms with Gasteiger partial charge in [0, 0.05) is 38.4 Å². The number of anilines is 3. The van der Waals surface area contributed by atoms with Crippen LogP contribution in [0.1, 0.15) is 25.1 Å². The third-order valence-electron chi connectivity index (χ3n) is 4.21. The number of aryl methyl sites for hydroxylation is 2. The summed E-state index contributed by atoms with van der Waals surface area (Å²) in [6, 6.07) is 16.0. The molecule has 4 aromatic rings. The van der Waals surface area contributed by atoms with Crippen LogP contribution in [0.5, 0.6) is 0 Å². The van der Waals surface area contributed by atoms with Crippen LogP contribution in [0.2, 0.25) is 0 Å². The van der Waals surface area contributed by atoms with Crippen LogP contribution in [0, 0.1) is 13.8 Å². The summed E-state index contributed by atoms with van der Waals surface area (Å²) < 4.78 is 0. The lowest BCUT2D eigenvalue weighted by atomic mass is 10.2. The van der Waals surface area contributed by atoms with Crippen LogP contribution < -0.4 is 11.1 Å². The molecule has 0 fully saturated rings. The smallest absolute Gasteiger partial charge is 0.141 e. The highest BCUT2D eigenvalue weighted by molar-refractivity contribution is 7.99. The van der Waals surface area contributed by atoms with Gasteiger partial charge in [-0.15, -0.1) is 0 Å². The highest BCUT2D eigenvalue weighted by atomic mass is 32.2. The van der Waals surface area contributed by atoms with Crippen molar-refractivity contribution in [2.24, 2.45) is 0 Å². The minimum atomic E-state index is 0.690. The fraction of sp³-hybridized carbons (Fsp3) is 0.174. The van der Waals surface area contributed by atoms with Gasteiger partial charge in [0.1, 0.15) is 12.1 Å². The molecule has 2 aromatic carbocycles. The monoisotopic (exact) mass is 403 g/mol. The summed E-state index contributed by atoms with van der Waals surface area (Å²) in [5.74, 6) is 0.745. The highest BCUT2D eigenvalue weighted by Gasteiger charge is 2.07. The third kappa shape index (κ3) is 5.03. The molecule has 0 spiro atoms. The van der Waals surface area contributed by atoms with Gasteiger partial charge in [-0.25, -0.2) is 9.97 Å². The maximum absolute atomic E-state index is 5.92. The van der Waals surface area contributed by atoms with Crippen molar-refractivity contribution in [3.63, 3.8) is 0 Å². The Bertz CT molecular complexity index is 1110. The zero-order valence-electron chi connectivity index (χ0n) is 17.1. The van der Waals surface area contributed by atoms with Crippen LogP contribution in [0.4, 0.5) is 17.2 Å². The minimum absolute atomic E-state index is 0.690. The Balaban J connectivity index is 0.00000117. The first-order valence-electron chi connectivity index (χ1n) is 9.57. The van der Waals surface area contributed by atoms with Gasteiger partial charge in [-0.3, -0.25) is 4.98 Å². The minimum Gasteiger partial charge on any atom is -0.399 e. The second-order valence-corrected chi connectivity index (χ2v) is 7.46. The molecule has 0 unspecified atom stereocenters. The van der Waals surface area contributed by atoms with Crippen LogP contribution in [0.15, 0.2) is 70.8 Å². The molecule has 0 saturated heterocycles. The summed E-state index contributed by atoms with van der Waals surface area (Å²) >= 11 is 1.71.